The average Bonchev–Trinajstić information content (AvgIpc) is 2.92. The molecule has 1 N–H and O–H groups in total. The Morgan fingerprint density at radius 1 is 1.21 bits per heavy atom. The summed E-state index contributed by atoms with van der Waals surface area (Å²) in [4.78, 5) is 0.181. The number of hydrogen-bond acceptors (Lipinski definition) is 5. The molecule has 1 fully saturated rings. The van der Waals surface area contributed by atoms with Gasteiger partial charge in [-0.2, -0.15) is 4.31 Å². The fraction of sp³-hybridized carbons (Fsp3) is 0.429. The standard InChI is InChI=1S/C14H16F2N4O3S/c1-10-17-18-13(23-10)9-19-5-7-20(8-6-19)24(21,22)14-11(15)3-2-4-12(14)16/h2-4H,5-9H2,1H3/p+1. The van der Waals surface area contributed by atoms with Gasteiger partial charge in [0, 0.05) is 6.92 Å². The number of quaternary nitrogens is 1. The molecule has 0 bridgehead atoms. The van der Waals surface area contributed by atoms with Gasteiger partial charge in [-0.25, -0.2) is 17.2 Å². The zero-order valence-electron chi connectivity index (χ0n) is 13.0. The summed E-state index contributed by atoms with van der Waals surface area (Å²) in [5.74, 6) is -1.20. The molecule has 130 valence electrons. The van der Waals surface area contributed by atoms with E-state index in [2.05, 4.69) is 10.2 Å². The molecule has 1 aromatic heterocycles. The van der Waals surface area contributed by atoms with Gasteiger partial charge in [0.05, 0.1) is 26.2 Å². The fourth-order valence-electron chi connectivity index (χ4n) is 2.70. The van der Waals surface area contributed by atoms with Crippen LogP contribution >= 0.6 is 0 Å². The lowest BCUT2D eigenvalue weighted by Crippen LogP contribution is -3.13. The Morgan fingerprint density at radius 3 is 2.38 bits per heavy atom. The Labute approximate surface area is 137 Å². The third-order valence-corrected chi connectivity index (χ3v) is 5.87. The highest BCUT2D eigenvalue weighted by molar-refractivity contribution is 7.89. The minimum atomic E-state index is -4.20. The number of nitrogens with one attached hydrogen (secondary N) is 1. The lowest BCUT2D eigenvalue weighted by atomic mass is 10.3. The van der Waals surface area contributed by atoms with Crippen molar-refractivity contribution in [3.63, 3.8) is 0 Å². The predicted octanol–water partition coefficient (Wildman–Crippen LogP) is -0.254. The van der Waals surface area contributed by atoms with Crippen molar-refractivity contribution in [2.45, 2.75) is 18.4 Å². The molecular formula is C14H17F2N4O3S+. The average molecular weight is 359 g/mol. The molecular weight excluding hydrogens is 342 g/mol. The van der Waals surface area contributed by atoms with Crippen molar-refractivity contribution in [2.75, 3.05) is 26.2 Å². The summed E-state index contributed by atoms with van der Waals surface area (Å²) in [7, 11) is -4.20. The molecule has 1 aliphatic heterocycles. The van der Waals surface area contributed by atoms with Gasteiger partial charge in [0.15, 0.2) is 11.4 Å². The summed E-state index contributed by atoms with van der Waals surface area (Å²) >= 11 is 0. The predicted molar refractivity (Wildman–Crippen MR) is 78.6 cm³/mol. The second kappa shape index (κ2) is 6.54. The van der Waals surface area contributed by atoms with Crippen molar-refractivity contribution >= 4 is 10.0 Å². The molecule has 1 aromatic carbocycles. The lowest BCUT2D eigenvalue weighted by molar-refractivity contribution is -0.918. The van der Waals surface area contributed by atoms with Crippen LogP contribution in [0.5, 0.6) is 0 Å². The second-order valence-corrected chi connectivity index (χ2v) is 7.47. The summed E-state index contributed by atoms with van der Waals surface area (Å²) in [6.45, 7) is 3.48. The molecule has 1 saturated heterocycles. The molecule has 24 heavy (non-hydrogen) atoms. The second-order valence-electron chi connectivity index (χ2n) is 5.60. The highest BCUT2D eigenvalue weighted by Gasteiger charge is 2.34. The Balaban J connectivity index is 1.69. The number of aryl methyl sites for hydroxylation is 1. The number of aromatic nitrogens is 2. The minimum Gasteiger partial charge on any atom is -0.420 e. The van der Waals surface area contributed by atoms with Crippen molar-refractivity contribution < 1.29 is 26.5 Å². The quantitative estimate of drug-likeness (QED) is 0.814. The monoisotopic (exact) mass is 359 g/mol. The van der Waals surface area contributed by atoms with Gasteiger partial charge in [0.2, 0.25) is 15.9 Å². The van der Waals surface area contributed by atoms with Gasteiger partial charge in [-0.1, -0.05) is 6.07 Å². The van der Waals surface area contributed by atoms with Gasteiger partial charge >= 0.3 is 0 Å². The van der Waals surface area contributed by atoms with Crippen LogP contribution in [0.15, 0.2) is 27.5 Å². The SMILES string of the molecule is Cc1nnc(C[NH+]2CCN(S(=O)(=O)c3c(F)cccc3F)CC2)o1. The summed E-state index contributed by atoms with van der Waals surface area (Å²) < 4.78 is 59.0. The Kier molecular flexibility index (Phi) is 4.61. The summed E-state index contributed by atoms with van der Waals surface area (Å²) in [5.41, 5.74) is 0. The zero-order chi connectivity index (χ0) is 17.3. The molecule has 0 saturated carbocycles. The lowest BCUT2D eigenvalue weighted by Gasteiger charge is -2.30. The van der Waals surface area contributed by atoms with E-state index < -0.39 is 26.6 Å². The van der Waals surface area contributed by atoms with Gasteiger partial charge in [-0.3, -0.25) is 0 Å². The first-order valence-corrected chi connectivity index (χ1v) is 8.88. The normalized spacial score (nSPS) is 17.3. The van der Waals surface area contributed by atoms with Crippen molar-refractivity contribution in [3.05, 3.63) is 41.6 Å². The highest BCUT2D eigenvalue weighted by atomic mass is 32.2. The minimum absolute atomic E-state index is 0.165. The first-order valence-electron chi connectivity index (χ1n) is 7.44. The molecule has 0 unspecified atom stereocenters. The topological polar surface area (TPSA) is 80.7 Å². The van der Waals surface area contributed by atoms with E-state index in [4.69, 9.17) is 4.42 Å². The van der Waals surface area contributed by atoms with Crippen LogP contribution in [0.4, 0.5) is 8.78 Å². The summed E-state index contributed by atoms with van der Waals surface area (Å²) in [6.07, 6.45) is 0. The zero-order valence-corrected chi connectivity index (χ0v) is 13.8. The van der Waals surface area contributed by atoms with Crippen molar-refractivity contribution in [3.8, 4) is 0 Å². The Bertz CT molecular complexity index is 812. The molecule has 1 aliphatic rings. The number of nitrogens with zero attached hydrogens (tertiary/aromatic N) is 3. The van der Waals surface area contributed by atoms with Crippen LogP contribution in [0.25, 0.3) is 0 Å². The number of rotatable bonds is 4. The van der Waals surface area contributed by atoms with Gasteiger partial charge in [-0.15, -0.1) is 10.2 Å². The van der Waals surface area contributed by atoms with E-state index in [9.17, 15) is 17.2 Å². The number of benzene rings is 1. The number of hydrogen-bond donors (Lipinski definition) is 1. The fourth-order valence-corrected chi connectivity index (χ4v) is 4.25. The molecule has 7 nitrogen and oxygen atoms in total. The van der Waals surface area contributed by atoms with Gasteiger partial charge in [-0.05, 0) is 12.1 Å². The van der Waals surface area contributed by atoms with Crippen LogP contribution in [-0.2, 0) is 16.6 Å². The first kappa shape index (κ1) is 16.9. The molecule has 0 amide bonds. The molecule has 0 aliphatic carbocycles. The maximum Gasteiger partial charge on any atom is 0.271 e. The van der Waals surface area contributed by atoms with E-state index in [1.807, 2.05) is 0 Å². The van der Waals surface area contributed by atoms with Crippen molar-refractivity contribution in [2.24, 2.45) is 0 Å². The van der Waals surface area contributed by atoms with E-state index in [1.54, 1.807) is 6.92 Å². The molecule has 10 heteroatoms. The Morgan fingerprint density at radius 2 is 1.83 bits per heavy atom. The molecule has 3 rings (SSSR count). The maximum absolute atomic E-state index is 13.8. The third-order valence-electron chi connectivity index (χ3n) is 3.92. The summed E-state index contributed by atoms with van der Waals surface area (Å²) in [5, 5.41) is 7.66. The van der Waals surface area contributed by atoms with E-state index in [1.165, 1.54) is 0 Å². The number of sulfonamides is 1. The molecule has 0 radical (unpaired) electrons. The van der Waals surface area contributed by atoms with Gasteiger partial charge in [0.25, 0.3) is 5.89 Å². The summed E-state index contributed by atoms with van der Waals surface area (Å²) in [6, 6.07) is 3.02. The van der Waals surface area contributed by atoms with Gasteiger partial charge in [0.1, 0.15) is 11.6 Å². The van der Waals surface area contributed by atoms with Crippen molar-refractivity contribution in [1.29, 1.82) is 0 Å². The van der Waals surface area contributed by atoms with E-state index in [0.29, 0.717) is 31.4 Å². The van der Waals surface area contributed by atoms with Crippen LogP contribution < -0.4 is 4.90 Å². The molecule has 2 heterocycles. The van der Waals surface area contributed by atoms with E-state index in [0.717, 1.165) is 27.4 Å². The maximum atomic E-state index is 13.8. The van der Waals surface area contributed by atoms with Gasteiger partial charge < -0.3 is 9.32 Å². The van der Waals surface area contributed by atoms with Crippen molar-refractivity contribution in [1.82, 2.24) is 14.5 Å². The number of piperazine rings is 1. The third kappa shape index (κ3) is 3.30. The molecule has 0 spiro atoms. The first-order chi connectivity index (χ1) is 11.4. The number of halogens is 2. The van der Waals surface area contributed by atoms with E-state index >= 15 is 0 Å². The van der Waals surface area contributed by atoms with Crippen LogP contribution in [-0.4, -0.2) is 49.1 Å². The van der Waals surface area contributed by atoms with E-state index in [-0.39, 0.29) is 13.1 Å². The van der Waals surface area contributed by atoms with Crippen LogP contribution in [0, 0.1) is 18.6 Å². The van der Waals surface area contributed by atoms with Crippen LogP contribution in [0.2, 0.25) is 0 Å². The van der Waals surface area contributed by atoms with Crippen LogP contribution in [0.1, 0.15) is 11.8 Å². The smallest absolute Gasteiger partial charge is 0.271 e. The largest absolute Gasteiger partial charge is 0.420 e. The van der Waals surface area contributed by atoms with Crippen LogP contribution in [0.3, 0.4) is 0 Å². The molecule has 2 aromatic rings. The molecule has 0 atom stereocenters. The highest BCUT2D eigenvalue weighted by Crippen LogP contribution is 2.22. The Hall–Kier alpha value is -1.91.